The highest BCUT2D eigenvalue weighted by molar-refractivity contribution is 9.10. The van der Waals surface area contributed by atoms with E-state index in [2.05, 4.69) is 32.4 Å². The second kappa shape index (κ2) is 5.02. The van der Waals surface area contributed by atoms with Crippen LogP contribution < -0.4 is 5.32 Å². The van der Waals surface area contributed by atoms with Crippen LogP contribution in [0, 0.1) is 11.3 Å². The van der Waals surface area contributed by atoms with Crippen molar-refractivity contribution in [2.45, 2.75) is 6.54 Å². The molecule has 17 heavy (non-hydrogen) atoms. The van der Waals surface area contributed by atoms with E-state index in [0.717, 1.165) is 15.9 Å². The third-order valence-electron chi connectivity index (χ3n) is 2.35. The van der Waals surface area contributed by atoms with Gasteiger partial charge >= 0.3 is 0 Å². The van der Waals surface area contributed by atoms with E-state index >= 15 is 0 Å². The number of hydrogen-bond donors (Lipinski definition) is 1. The third kappa shape index (κ3) is 2.66. The molecule has 2 aromatic rings. The van der Waals surface area contributed by atoms with Gasteiger partial charge in [0, 0.05) is 17.7 Å². The maximum atomic E-state index is 9.06. The van der Waals surface area contributed by atoms with Gasteiger partial charge in [0.25, 0.3) is 0 Å². The van der Waals surface area contributed by atoms with Gasteiger partial charge in [0.2, 0.25) is 0 Å². The minimum absolute atomic E-state index is 0.603. The Morgan fingerprint density at radius 3 is 2.94 bits per heavy atom. The van der Waals surface area contributed by atoms with Gasteiger partial charge in [0.05, 0.1) is 23.5 Å². The van der Waals surface area contributed by atoms with Gasteiger partial charge in [-0.1, -0.05) is 6.07 Å². The fourth-order valence-electron chi connectivity index (χ4n) is 1.53. The number of aryl methyl sites for hydroxylation is 1. The lowest BCUT2D eigenvalue weighted by molar-refractivity contribution is 0.747. The van der Waals surface area contributed by atoms with E-state index in [1.165, 1.54) is 0 Å². The van der Waals surface area contributed by atoms with Gasteiger partial charge < -0.3 is 5.32 Å². The first-order chi connectivity index (χ1) is 8.20. The lowest BCUT2D eigenvalue weighted by atomic mass is 10.2. The molecule has 0 atom stereocenters. The van der Waals surface area contributed by atoms with Crippen molar-refractivity contribution in [1.29, 1.82) is 5.26 Å². The van der Waals surface area contributed by atoms with E-state index in [1.54, 1.807) is 4.68 Å². The monoisotopic (exact) mass is 290 g/mol. The van der Waals surface area contributed by atoms with Crippen molar-refractivity contribution >= 4 is 21.6 Å². The molecule has 0 unspecified atom stereocenters. The SMILES string of the molecule is Cn1ccc(CNc2cccc(Br)c2C#N)n1. The molecule has 0 aliphatic rings. The highest BCUT2D eigenvalue weighted by Gasteiger charge is 2.05. The molecule has 5 heteroatoms. The number of nitrogens with zero attached hydrogens (tertiary/aromatic N) is 3. The number of hydrogen-bond acceptors (Lipinski definition) is 3. The Morgan fingerprint density at radius 2 is 2.29 bits per heavy atom. The summed E-state index contributed by atoms with van der Waals surface area (Å²) >= 11 is 3.36. The predicted octanol–water partition coefficient (Wildman–Crippen LogP) is 2.67. The van der Waals surface area contributed by atoms with E-state index < -0.39 is 0 Å². The minimum Gasteiger partial charge on any atom is -0.378 e. The molecule has 0 aliphatic heterocycles. The van der Waals surface area contributed by atoms with Crippen LogP contribution in [0.1, 0.15) is 11.3 Å². The molecule has 0 spiro atoms. The number of nitriles is 1. The van der Waals surface area contributed by atoms with Crippen molar-refractivity contribution in [3.8, 4) is 6.07 Å². The van der Waals surface area contributed by atoms with Crippen molar-refractivity contribution in [2.24, 2.45) is 7.05 Å². The number of rotatable bonds is 3. The van der Waals surface area contributed by atoms with Gasteiger partial charge in [-0.2, -0.15) is 10.4 Å². The fraction of sp³-hybridized carbons (Fsp3) is 0.167. The van der Waals surface area contributed by atoms with Crippen molar-refractivity contribution in [1.82, 2.24) is 9.78 Å². The molecule has 1 aromatic heterocycles. The van der Waals surface area contributed by atoms with Crippen molar-refractivity contribution in [3.63, 3.8) is 0 Å². The van der Waals surface area contributed by atoms with Gasteiger partial charge in [0.1, 0.15) is 6.07 Å². The van der Waals surface area contributed by atoms with Crippen LogP contribution in [0.3, 0.4) is 0 Å². The molecular weight excluding hydrogens is 280 g/mol. The van der Waals surface area contributed by atoms with Gasteiger partial charge in [-0.05, 0) is 34.1 Å². The first kappa shape index (κ1) is 11.7. The molecule has 0 radical (unpaired) electrons. The zero-order chi connectivity index (χ0) is 12.3. The zero-order valence-corrected chi connectivity index (χ0v) is 10.9. The lowest BCUT2D eigenvalue weighted by Crippen LogP contribution is -2.03. The number of halogens is 1. The van der Waals surface area contributed by atoms with Crippen LogP contribution in [0.4, 0.5) is 5.69 Å². The number of nitrogens with one attached hydrogen (secondary N) is 1. The minimum atomic E-state index is 0.603. The van der Waals surface area contributed by atoms with Gasteiger partial charge in [0.15, 0.2) is 0 Å². The summed E-state index contributed by atoms with van der Waals surface area (Å²) in [7, 11) is 1.88. The molecule has 0 fully saturated rings. The van der Waals surface area contributed by atoms with Crippen molar-refractivity contribution < 1.29 is 0 Å². The zero-order valence-electron chi connectivity index (χ0n) is 9.31. The van der Waals surface area contributed by atoms with Crippen LogP contribution in [-0.4, -0.2) is 9.78 Å². The first-order valence-electron chi connectivity index (χ1n) is 5.11. The molecule has 0 bridgehead atoms. The Hall–Kier alpha value is -1.80. The Kier molecular flexibility index (Phi) is 3.45. The van der Waals surface area contributed by atoms with E-state index in [4.69, 9.17) is 5.26 Å². The average Bonchev–Trinajstić information content (AvgIpc) is 2.72. The summed E-state index contributed by atoms with van der Waals surface area (Å²) in [5.41, 5.74) is 2.37. The molecule has 0 aliphatic carbocycles. The third-order valence-corrected chi connectivity index (χ3v) is 3.02. The molecule has 1 N–H and O–H groups in total. The highest BCUT2D eigenvalue weighted by atomic mass is 79.9. The molecule has 1 heterocycles. The van der Waals surface area contributed by atoms with Gasteiger partial charge in [-0.3, -0.25) is 4.68 Å². The van der Waals surface area contributed by atoms with Crippen LogP contribution in [0.25, 0.3) is 0 Å². The summed E-state index contributed by atoms with van der Waals surface area (Å²) in [6.45, 7) is 0.603. The summed E-state index contributed by atoms with van der Waals surface area (Å²) in [6, 6.07) is 9.74. The first-order valence-corrected chi connectivity index (χ1v) is 5.91. The topological polar surface area (TPSA) is 53.6 Å². The lowest BCUT2D eigenvalue weighted by Gasteiger charge is -2.07. The van der Waals surface area contributed by atoms with Gasteiger partial charge in [-0.15, -0.1) is 0 Å². The van der Waals surface area contributed by atoms with Crippen LogP contribution in [0.15, 0.2) is 34.9 Å². The molecule has 2 rings (SSSR count). The Labute approximate surface area is 108 Å². The smallest absolute Gasteiger partial charge is 0.103 e. The largest absolute Gasteiger partial charge is 0.378 e. The fourth-order valence-corrected chi connectivity index (χ4v) is 1.98. The predicted molar refractivity (Wildman–Crippen MR) is 69.4 cm³/mol. The summed E-state index contributed by atoms with van der Waals surface area (Å²) in [6.07, 6.45) is 1.89. The molecule has 1 aromatic carbocycles. The molecule has 4 nitrogen and oxygen atoms in total. The van der Waals surface area contributed by atoms with Gasteiger partial charge in [-0.25, -0.2) is 0 Å². The Morgan fingerprint density at radius 1 is 1.47 bits per heavy atom. The molecule has 0 saturated carbocycles. The van der Waals surface area contributed by atoms with E-state index in [0.29, 0.717) is 12.1 Å². The quantitative estimate of drug-likeness (QED) is 0.946. The Bertz CT molecular complexity index is 568. The van der Waals surface area contributed by atoms with Crippen LogP contribution in [0.2, 0.25) is 0 Å². The van der Waals surface area contributed by atoms with Crippen LogP contribution >= 0.6 is 15.9 Å². The van der Waals surface area contributed by atoms with E-state index in [1.807, 2.05) is 37.5 Å². The summed E-state index contributed by atoms with van der Waals surface area (Å²) in [5, 5.41) is 16.5. The molecule has 0 saturated heterocycles. The summed E-state index contributed by atoms with van der Waals surface area (Å²) in [5.74, 6) is 0. The summed E-state index contributed by atoms with van der Waals surface area (Å²) < 4.78 is 2.55. The van der Waals surface area contributed by atoms with E-state index in [-0.39, 0.29) is 0 Å². The number of aromatic nitrogens is 2. The second-order valence-corrected chi connectivity index (χ2v) is 4.46. The maximum Gasteiger partial charge on any atom is 0.103 e. The standard InChI is InChI=1S/C12H11BrN4/c1-17-6-5-9(16-17)8-15-12-4-2-3-11(13)10(12)7-14/h2-6,15H,8H2,1H3. The summed E-state index contributed by atoms with van der Waals surface area (Å²) in [4.78, 5) is 0. The molecule has 86 valence electrons. The van der Waals surface area contributed by atoms with Crippen LogP contribution in [0.5, 0.6) is 0 Å². The Balaban J connectivity index is 2.14. The van der Waals surface area contributed by atoms with E-state index in [9.17, 15) is 0 Å². The van der Waals surface area contributed by atoms with Crippen molar-refractivity contribution in [2.75, 3.05) is 5.32 Å². The highest BCUT2D eigenvalue weighted by Crippen LogP contribution is 2.23. The normalized spacial score (nSPS) is 9.94. The number of benzene rings is 1. The molecular formula is C12H11BrN4. The molecule has 0 amide bonds. The second-order valence-electron chi connectivity index (χ2n) is 3.61. The number of anilines is 1. The van der Waals surface area contributed by atoms with Crippen LogP contribution in [-0.2, 0) is 13.6 Å². The van der Waals surface area contributed by atoms with Crippen molar-refractivity contribution in [3.05, 3.63) is 46.2 Å². The maximum absolute atomic E-state index is 9.06. The average molecular weight is 291 g/mol.